The number of anilines is 2. The fourth-order valence-electron chi connectivity index (χ4n) is 6.02. The third kappa shape index (κ3) is 8.55. The summed E-state index contributed by atoms with van der Waals surface area (Å²) in [6.07, 6.45) is -2.04. The molecule has 0 radical (unpaired) electrons. The largest absolute Gasteiger partial charge is 0.497 e. The van der Waals surface area contributed by atoms with E-state index < -0.39 is 47.6 Å². The van der Waals surface area contributed by atoms with E-state index in [2.05, 4.69) is 10.6 Å². The lowest BCUT2D eigenvalue weighted by molar-refractivity contribution is -0.136. The summed E-state index contributed by atoms with van der Waals surface area (Å²) in [5, 5.41) is 17.9. The molecule has 0 saturated carbocycles. The number of nitrogens with zero attached hydrogens (tertiary/aromatic N) is 5. The van der Waals surface area contributed by atoms with E-state index in [-0.39, 0.29) is 52.6 Å². The monoisotopic (exact) mass is 757 g/mol. The summed E-state index contributed by atoms with van der Waals surface area (Å²) in [4.78, 5) is 61.9. The molecule has 0 aliphatic carbocycles. The number of rotatable bonds is 11. The third-order valence-electron chi connectivity index (χ3n) is 8.70. The number of amides is 4. The van der Waals surface area contributed by atoms with Crippen LogP contribution in [-0.4, -0.2) is 96.8 Å². The van der Waals surface area contributed by atoms with Gasteiger partial charge in [-0.1, -0.05) is 11.6 Å². The molecule has 1 aliphatic rings. The number of piperazine rings is 1. The Morgan fingerprint density at radius 2 is 1.72 bits per heavy atom. The Balaban J connectivity index is 0.00000406. The highest BCUT2D eigenvalue weighted by molar-refractivity contribution is 6.31. The van der Waals surface area contributed by atoms with Gasteiger partial charge in [0, 0.05) is 32.7 Å². The minimum atomic E-state index is -1.25. The van der Waals surface area contributed by atoms with Crippen molar-refractivity contribution in [3.63, 3.8) is 0 Å². The minimum Gasteiger partial charge on any atom is -0.497 e. The molecule has 286 valence electrons. The number of aliphatic hydroxyl groups is 1. The van der Waals surface area contributed by atoms with Gasteiger partial charge in [0.05, 0.1) is 62.7 Å². The van der Waals surface area contributed by atoms with E-state index in [4.69, 9.17) is 30.8 Å². The van der Waals surface area contributed by atoms with Crippen molar-refractivity contribution in [1.82, 2.24) is 19.9 Å². The highest BCUT2D eigenvalue weighted by atomic mass is 35.5. The number of aliphatic hydroxyl groups excluding tert-OH is 1. The predicted octanol–water partition coefficient (Wildman–Crippen LogP) is 4.77. The number of fused-ring (bicyclic) bond motifs is 1. The predicted molar refractivity (Wildman–Crippen MR) is 201 cm³/mol. The zero-order valence-electron chi connectivity index (χ0n) is 29.8. The summed E-state index contributed by atoms with van der Waals surface area (Å²) in [6, 6.07) is 12.0. The third-order valence-corrected chi connectivity index (χ3v) is 8.94. The van der Waals surface area contributed by atoms with Crippen molar-refractivity contribution in [3.05, 3.63) is 87.7 Å². The number of hydrogen-bond donors (Lipinski definition) is 3. The maximum absolute atomic E-state index is 14.4. The van der Waals surface area contributed by atoms with Crippen molar-refractivity contribution in [2.45, 2.75) is 39.0 Å². The van der Waals surface area contributed by atoms with E-state index >= 15 is 0 Å². The van der Waals surface area contributed by atoms with Crippen molar-refractivity contribution in [2.24, 2.45) is 0 Å². The molecule has 1 aliphatic heterocycles. The number of urea groups is 1. The van der Waals surface area contributed by atoms with Gasteiger partial charge >= 0.3 is 12.1 Å². The summed E-state index contributed by atoms with van der Waals surface area (Å²) >= 11 is 6.33. The molecule has 15 nitrogen and oxygen atoms in total. The summed E-state index contributed by atoms with van der Waals surface area (Å²) in [5.41, 5.74) is 0.464. The van der Waals surface area contributed by atoms with E-state index in [0.29, 0.717) is 27.7 Å². The van der Waals surface area contributed by atoms with Crippen LogP contribution in [0.5, 0.6) is 11.5 Å². The lowest BCUT2D eigenvalue weighted by atomic mass is 10.1. The second-order valence-corrected chi connectivity index (χ2v) is 12.6. The highest BCUT2D eigenvalue weighted by Crippen LogP contribution is 2.37. The Bertz CT molecular complexity index is 2030. The number of aromatic nitrogens is 2. The first-order chi connectivity index (χ1) is 25.4. The molecular formula is C36H45ClFN7O8. The van der Waals surface area contributed by atoms with Crippen molar-refractivity contribution < 1.29 is 40.9 Å². The quantitative estimate of drug-likeness (QED) is 0.194. The topological polar surface area (TPSA) is 168 Å². The van der Waals surface area contributed by atoms with Crippen LogP contribution in [0.1, 0.15) is 35.5 Å². The molecule has 1 fully saturated rings. The molecule has 3 atom stereocenters. The lowest BCUT2D eigenvalue weighted by Gasteiger charge is -2.40. The van der Waals surface area contributed by atoms with E-state index in [0.717, 1.165) is 0 Å². The van der Waals surface area contributed by atoms with Crippen LogP contribution >= 0.6 is 11.6 Å². The molecule has 53 heavy (non-hydrogen) atoms. The molecule has 17 heteroatoms. The van der Waals surface area contributed by atoms with Crippen LogP contribution in [0.3, 0.4) is 0 Å². The van der Waals surface area contributed by atoms with Gasteiger partial charge < -0.3 is 39.9 Å². The number of alkyl carbamates (subject to hydrolysis) is 1. The number of ether oxygens (including phenoxy) is 3. The molecule has 0 spiro atoms. The van der Waals surface area contributed by atoms with Crippen molar-refractivity contribution >= 4 is 51.9 Å². The van der Waals surface area contributed by atoms with Crippen LogP contribution in [-0.2, 0) is 9.53 Å². The number of carbonyl (C=O) groups excluding carboxylic acids is 3. The van der Waals surface area contributed by atoms with Crippen LogP contribution in [0.15, 0.2) is 65.5 Å². The van der Waals surface area contributed by atoms with E-state index in [1.165, 1.54) is 59.9 Å². The van der Waals surface area contributed by atoms with E-state index in [1.54, 1.807) is 55.3 Å². The number of methoxy groups -OCH3 is 2. The first-order valence-electron chi connectivity index (χ1n) is 16.8. The fourth-order valence-corrected chi connectivity index (χ4v) is 6.19. The van der Waals surface area contributed by atoms with Gasteiger partial charge in [-0.25, -0.2) is 23.6 Å². The molecular weight excluding hydrogens is 713 g/mol. The maximum atomic E-state index is 14.4. The Labute approximate surface area is 312 Å². The Hall–Kier alpha value is -5.61. The van der Waals surface area contributed by atoms with Gasteiger partial charge in [-0.15, -0.1) is 0 Å². The highest BCUT2D eigenvalue weighted by Gasteiger charge is 2.35. The first kappa shape index (κ1) is 38.6. The van der Waals surface area contributed by atoms with Gasteiger partial charge in [-0.2, -0.15) is 0 Å². The average Bonchev–Trinajstić information content (AvgIpc) is 3.14. The zero-order chi connectivity index (χ0) is 38.4. The van der Waals surface area contributed by atoms with Gasteiger partial charge in [0.15, 0.2) is 5.82 Å². The normalized spacial score (nSPS) is 14.6. The van der Waals surface area contributed by atoms with Crippen LogP contribution < -0.4 is 35.6 Å². The molecule has 1 saturated heterocycles. The van der Waals surface area contributed by atoms with Gasteiger partial charge in [0.2, 0.25) is 5.91 Å². The molecule has 4 amide bonds. The first-order valence-corrected chi connectivity index (χ1v) is 17.2. The summed E-state index contributed by atoms with van der Waals surface area (Å²) in [7, 11) is 2.93. The number of benzene rings is 3. The van der Waals surface area contributed by atoms with Gasteiger partial charge in [0.1, 0.15) is 23.4 Å². The molecule has 3 aromatic carbocycles. The summed E-state index contributed by atoms with van der Waals surface area (Å²) in [5.74, 6) is -0.0983. The van der Waals surface area contributed by atoms with Crippen molar-refractivity contribution in [3.8, 4) is 11.5 Å². The summed E-state index contributed by atoms with van der Waals surface area (Å²) in [6.45, 7) is 5.31. The van der Waals surface area contributed by atoms with Gasteiger partial charge in [-0.3, -0.25) is 14.5 Å². The second kappa shape index (κ2) is 16.8. The van der Waals surface area contributed by atoms with Crippen LogP contribution in [0.4, 0.5) is 25.4 Å². The molecule has 5 rings (SSSR count). The average molecular weight is 758 g/mol. The van der Waals surface area contributed by atoms with E-state index in [1.807, 2.05) is 0 Å². The van der Waals surface area contributed by atoms with Crippen molar-refractivity contribution in [1.29, 1.82) is 0 Å². The number of nitrogens with one attached hydrogen (secondary N) is 2. The Morgan fingerprint density at radius 3 is 2.34 bits per heavy atom. The number of hydrogen-bond acceptors (Lipinski definition) is 10. The van der Waals surface area contributed by atoms with Crippen LogP contribution in [0.2, 0.25) is 5.02 Å². The van der Waals surface area contributed by atoms with Gasteiger partial charge in [0.25, 0.3) is 5.56 Å². The van der Waals surface area contributed by atoms with Crippen LogP contribution in [0, 0.1) is 5.82 Å². The van der Waals surface area contributed by atoms with Gasteiger partial charge in [-0.05, 0) is 75.4 Å². The molecule has 1 unspecified atom stereocenters. The summed E-state index contributed by atoms with van der Waals surface area (Å²) < 4.78 is 31.1. The Morgan fingerprint density at radius 1 is 1.02 bits per heavy atom. The molecule has 4 aromatic rings. The molecule has 1 aromatic heterocycles. The van der Waals surface area contributed by atoms with Crippen molar-refractivity contribution in [2.75, 3.05) is 62.2 Å². The maximum Gasteiger partial charge on any atom is 0.407 e. The smallest absolute Gasteiger partial charge is 0.407 e. The van der Waals surface area contributed by atoms with Crippen LogP contribution in [0.25, 0.3) is 10.9 Å². The second-order valence-electron chi connectivity index (χ2n) is 12.1. The molecule has 3 N–H and O–H groups in total. The number of halogens is 2. The molecule has 2 heterocycles. The SMILES string of the molecule is CCOC(=O)N[C@H](C(=O)N1CCN(n2c(C(C)N(C(=O)Nc3ccc(F)cc3)c3ccc(OC)cc3OC)nc3cc(Cl)ccc3c2=O)CC1)[C@@H](C)O.[HH].[HH]. The number of carbonyl (C=O) groups is 3. The Kier molecular flexibility index (Phi) is 12.3. The lowest BCUT2D eigenvalue weighted by Crippen LogP contribution is -2.61. The molecule has 0 bridgehead atoms. The zero-order valence-corrected chi connectivity index (χ0v) is 30.6. The van der Waals surface area contributed by atoms with E-state index in [9.17, 15) is 28.7 Å². The standard InChI is InChI=1S/C36H41ClFN7O8.2H2/c1-6-53-36(50)41-31(22(3)46)34(48)42-15-17-43(18-16-42)45-32(40-28-19-23(37)7-13-27(28)33(45)47)21(2)44(29-14-12-26(51-4)20-30(29)52-5)35(49)39-25-10-8-24(38)9-11-25;;/h7-14,19-22,31,46H,6,15-18H2,1-5H3,(H,39,49)(H,41,50);2*1H/t21?,22-,31+;;/m1../s1. The minimum absolute atomic E-state index is 0. The fraction of sp³-hybridized carbons (Fsp3) is 0.361.